The summed E-state index contributed by atoms with van der Waals surface area (Å²) in [6, 6.07) is 9.22. The normalized spacial score (nSPS) is 11.9. The Morgan fingerprint density at radius 3 is 2.78 bits per heavy atom. The zero-order valence-corrected chi connectivity index (χ0v) is 17.0. The fourth-order valence-corrected chi connectivity index (χ4v) is 3.74. The van der Waals surface area contributed by atoms with Crippen LogP contribution in [0.3, 0.4) is 0 Å². The quantitative estimate of drug-likeness (QED) is 0.488. The first-order chi connectivity index (χ1) is 13.1. The molecule has 0 amide bonds. The van der Waals surface area contributed by atoms with Gasteiger partial charge in [0.25, 0.3) is 5.56 Å². The van der Waals surface area contributed by atoms with Gasteiger partial charge < -0.3 is 4.74 Å². The first kappa shape index (κ1) is 19.6. The van der Waals surface area contributed by atoms with Crippen molar-refractivity contribution in [2.45, 2.75) is 39.5 Å². The zero-order chi connectivity index (χ0) is 19.2. The standard InChI is InChI=1S/C20H22ClN3O2S/c1-3-4-5-6-11-26-16-9-7-15(8-10-16)13-17(21)19-23-24-18(25)12-14(2)22-20(24)27-19/h7-10,12-13H,3-6,11H2,1-2H3/b17-13-. The van der Waals surface area contributed by atoms with E-state index >= 15 is 0 Å². The van der Waals surface area contributed by atoms with E-state index in [2.05, 4.69) is 17.0 Å². The summed E-state index contributed by atoms with van der Waals surface area (Å²) in [6.07, 6.45) is 6.57. The van der Waals surface area contributed by atoms with Gasteiger partial charge in [-0.2, -0.15) is 9.61 Å². The summed E-state index contributed by atoms with van der Waals surface area (Å²) in [5.41, 5.74) is 1.40. The lowest BCUT2D eigenvalue weighted by atomic mass is 10.2. The van der Waals surface area contributed by atoms with Crippen LogP contribution in [-0.2, 0) is 0 Å². The van der Waals surface area contributed by atoms with Gasteiger partial charge in [0, 0.05) is 11.8 Å². The molecule has 3 aromatic rings. The smallest absolute Gasteiger partial charge is 0.275 e. The second kappa shape index (κ2) is 9.15. The maximum atomic E-state index is 12.0. The molecule has 0 aliphatic heterocycles. The number of hydrogen-bond donors (Lipinski definition) is 0. The third-order valence-electron chi connectivity index (χ3n) is 4.02. The molecule has 5 nitrogen and oxygen atoms in total. The molecule has 2 heterocycles. The molecule has 27 heavy (non-hydrogen) atoms. The topological polar surface area (TPSA) is 56.5 Å². The van der Waals surface area contributed by atoms with Crippen molar-refractivity contribution in [2.24, 2.45) is 0 Å². The van der Waals surface area contributed by atoms with Crippen molar-refractivity contribution >= 4 is 39.0 Å². The monoisotopic (exact) mass is 403 g/mol. The summed E-state index contributed by atoms with van der Waals surface area (Å²) in [5.74, 6) is 0.853. The Bertz CT molecular complexity index is 993. The number of nitrogens with zero attached hydrogens (tertiary/aromatic N) is 3. The highest BCUT2D eigenvalue weighted by Gasteiger charge is 2.10. The number of benzene rings is 1. The van der Waals surface area contributed by atoms with Crippen molar-refractivity contribution in [3.05, 3.63) is 57.0 Å². The van der Waals surface area contributed by atoms with E-state index in [1.165, 1.54) is 41.2 Å². The highest BCUT2D eigenvalue weighted by Crippen LogP contribution is 2.26. The second-order valence-electron chi connectivity index (χ2n) is 6.31. The van der Waals surface area contributed by atoms with Crippen LogP contribution in [0.1, 0.15) is 48.9 Å². The molecule has 0 radical (unpaired) electrons. The van der Waals surface area contributed by atoms with Crippen LogP contribution in [0.2, 0.25) is 0 Å². The molecule has 0 aliphatic rings. The third-order valence-corrected chi connectivity index (χ3v) is 5.36. The van der Waals surface area contributed by atoms with Crippen LogP contribution in [0.15, 0.2) is 35.1 Å². The average Bonchev–Trinajstić information content (AvgIpc) is 3.07. The number of hydrogen-bond acceptors (Lipinski definition) is 5. The Kier molecular flexibility index (Phi) is 6.63. The molecule has 3 rings (SSSR count). The van der Waals surface area contributed by atoms with Crippen LogP contribution in [0.5, 0.6) is 5.75 Å². The molecule has 0 spiro atoms. The van der Waals surface area contributed by atoms with Crippen LogP contribution in [0.4, 0.5) is 0 Å². The Hall–Kier alpha value is -2.18. The van der Waals surface area contributed by atoms with Crippen molar-refractivity contribution in [2.75, 3.05) is 6.61 Å². The van der Waals surface area contributed by atoms with E-state index in [1.54, 1.807) is 6.92 Å². The van der Waals surface area contributed by atoms with Crippen LogP contribution in [0, 0.1) is 6.92 Å². The van der Waals surface area contributed by atoms with E-state index in [9.17, 15) is 4.79 Å². The Morgan fingerprint density at radius 1 is 1.26 bits per heavy atom. The van der Waals surface area contributed by atoms with Crippen LogP contribution in [-0.4, -0.2) is 21.2 Å². The van der Waals surface area contributed by atoms with E-state index in [0.717, 1.165) is 24.3 Å². The minimum absolute atomic E-state index is 0.204. The molecule has 0 saturated carbocycles. The van der Waals surface area contributed by atoms with Gasteiger partial charge in [0.2, 0.25) is 4.96 Å². The third kappa shape index (κ3) is 5.17. The number of halogens is 1. The Balaban J connectivity index is 1.69. The average molecular weight is 404 g/mol. The van der Waals surface area contributed by atoms with Gasteiger partial charge in [-0.3, -0.25) is 4.79 Å². The number of aryl methyl sites for hydroxylation is 1. The number of aromatic nitrogens is 3. The van der Waals surface area contributed by atoms with Crippen molar-refractivity contribution in [1.82, 2.24) is 14.6 Å². The molecule has 2 aromatic heterocycles. The molecular formula is C20H22ClN3O2S. The number of rotatable bonds is 8. The van der Waals surface area contributed by atoms with Crippen LogP contribution >= 0.6 is 22.9 Å². The summed E-state index contributed by atoms with van der Waals surface area (Å²) in [6.45, 7) is 4.72. The largest absolute Gasteiger partial charge is 0.494 e. The fraction of sp³-hybridized carbons (Fsp3) is 0.350. The Labute approximate surface area is 167 Å². The molecular weight excluding hydrogens is 382 g/mol. The number of ether oxygens (including phenoxy) is 1. The molecule has 0 aliphatic carbocycles. The van der Waals surface area contributed by atoms with Gasteiger partial charge in [0.05, 0.1) is 11.6 Å². The maximum absolute atomic E-state index is 12.0. The van der Waals surface area contributed by atoms with Crippen molar-refractivity contribution in [3.63, 3.8) is 0 Å². The summed E-state index contributed by atoms with van der Waals surface area (Å²) in [7, 11) is 0. The lowest BCUT2D eigenvalue weighted by molar-refractivity contribution is 0.305. The van der Waals surface area contributed by atoms with Gasteiger partial charge in [0.15, 0.2) is 5.01 Å². The maximum Gasteiger partial charge on any atom is 0.275 e. The first-order valence-electron chi connectivity index (χ1n) is 9.05. The minimum Gasteiger partial charge on any atom is -0.494 e. The van der Waals surface area contributed by atoms with E-state index in [0.29, 0.717) is 20.7 Å². The van der Waals surface area contributed by atoms with Crippen LogP contribution < -0.4 is 10.3 Å². The number of unbranched alkanes of at least 4 members (excludes halogenated alkanes) is 3. The number of fused-ring (bicyclic) bond motifs is 1. The Morgan fingerprint density at radius 2 is 2.04 bits per heavy atom. The molecule has 0 bridgehead atoms. The van der Waals surface area contributed by atoms with Crippen LogP contribution in [0.25, 0.3) is 16.1 Å². The van der Waals surface area contributed by atoms with E-state index in [1.807, 2.05) is 30.3 Å². The van der Waals surface area contributed by atoms with Gasteiger partial charge in [-0.1, -0.05) is 61.3 Å². The molecule has 1 aromatic carbocycles. The summed E-state index contributed by atoms with van der Waals surface area (Å²) >= 11 is 7.70. The van der Waals surface area contributed by atoms with Crippen molar-refractivity contribution in [1.29, 1.82) is 0 Å². The molecule has 142 valence electrons. The molecule has 7 heteroatoms. The second-order valence-corrected chi connectivity index (χ2v) is 7.67. The summed E-state index contributed by atoms with van der Waals surface area (Å²) in [5, 5.41) is 5.29. The van der Waals surface area contributed by atoms with Crippen molar-refractivity contribution in [3.8, 4) is 5.75 Å². The SMILES string of the molecule is CCCCCCOc1ccc(/C=C(\Cl)c2nn3c(=O)cc(C)nc3s2)cc1. The minimum atomic E-state index is -0.204. The summed E-state index contributed by atoms with van der Waals surface area (Å²) < 4.78 is 7.03. The van der Waals surface area contributed by atoms with Gasteiger partial charge >= 0.3 is 0 Å². The van der Waals surface area contributed by atoms with E-state index in [-0.39, 0.29) is 5.56 Å². The lowest BCUT2D eigenvalue weighted by Gasteiger charge is -2.06. The lowest BCUT2D eigenvalue weighted by Crippen LogP contribution is -2.14. The van der Waals surface area contributed by atoms with Gasteiger partial charge in [-0.25, -0.2) is 4.98 Å². The van der Waals surface area contributed by atoms with Gasteiger partial charge in [-0.15, -0.1) is 0 Å². The molecule has 0 fully saturated rings. The highest BCUT2D eigenvalue weighted by atomic mass is 35.5. The molecule has 0 N–H and O–H groups in total. The van der Waals surface area contributed by atoms with Gasteiger partial charge in [-0.05, 0) is 37.1 Å². The predicted molar refractivity (Wildman–Crippen MR) is 112 cm³/mol. The zero-order valence-electron chi connectivity index (χ0n) is 15.4. The molecule has 0 atom stereocenters. The van der Waals surface area contributed by atoms with Crippen molar-refractivity contribution < 1.29 is 4.74 Å². The molecule has 0 unspecified atom stereocenters. The van der Waals surface area contributed by atoms with Gasteiger partial charge in [0.1, 0.15) is 5.75 Å². The summed E-state index contributed by atoms with van der Waals surface area (Å²) in [4.78, 5) is 16.8. The first-order valence-corrected chi connectivity index (χ1v) is 10.2. The predicted octanol–water partition coefficient (Wildman–Crippen LogP) is 5.16. The highest BCUT2D eigenvalue weighted by molar-refractivity contribution is 7.18. The fourth-order valence-electron chi connectivity index (χ4n) is 2.60. The van der Waals surface area contributed by atoms with E-state index < -0.39 is 0 Å². The molecule has 0 saturated heterocycles. The van der Waals surface area contributed by atoms with E-state index in [4.69, 9.17) is 16.3 Å².